The van der Waals surface area contributed by atoms with Crippen molar-refractivity contribution in [1.29, 1.82) is 0 Å². The fourth-order valence-electron chi connectivity index (χ4n) is 2.05. The summed E-state index contributed by atoms with van der Waals surface area (Å²) in [4.78, 5) is 24.0. The molecular formula is C18H24ClN5O3S. The first-order valence-corrected chi connectivity index (χ1v) is 9.87. The van der Waals surface area contributed by atoms with Gasteiger partial charge in [0.05, 0.1) is 5.25 Å². The molecule has 1 aromatic carbocycles. The molecule has 10 heteroatoms. The molecule has 0 spiro atoms. The third-order valence-corrected chi connectivity index (χ3v) is 4.87. The maximum Gasteiger partial charge on any atom is 0.321 e. The molecule has 2 N–H and O–H groups in total. The first kappa shape index (κ1) is 22.0. The maximum atomic E-state index is 12.2. The highest BCUT2D eigenvalue weighted by Crippen LogP contribution is 2.22. The Balaban J connectivity index is 1.91. The summed E-state index contributed by atoms with van der Waals surface area (Å²) in [6.07, 6.45) is 0. The van der Waals surface area contributed by atoms with Crippen molar-refractivity contribution < 1.29 is 14.3 Å². The number of urea groups is 1. The second kappa shape index (κ2) is 9.29. The third-order valence-electron chi connectivity index (χ3n) is 3.48. The Morgan fingerprint density at radius 3 is 2.50 bits per heavy atom. The second-order valence-corrected chi connectivity index (χ2v) is 8.90. The molecule has 0 aliphatic heterocycles. The summed E-state index contributed by atoms with van der Waals surface area (Å²) < 4.78 is 7.42. The van der Waals surface area contributed by atoms with Crippen LogP contribution in [0.2, 0.25) is 5.02 Å². The van der Waals surface area contributed by atoms with E-state index < -0.39 is 22.7 Å². The van der Waals surface area contributed by atoms with Gasteiger partial charge in [-0.15, -0.1) is 10.2 Å². The van der Waals surface area contributed by atoms with E-state index in [9.17, 15) is 9.59 Å². The Hall–Kier alpha value is -2.26. The summed E-state index contributed by atoms with van der Waals surface area (Å²) in [6, 6.07) is 6.49. The van der Waals surface area contributed by atoms with Crippen LogP contribution in [-0.2, 0) is 18.4 Å². The molecular weight excluding hydrogens is 402 g/mol. The Kier molecular flexibility index (Phi) is 7.31. The van der Waals surface area contributed by atoms with Crippen LogP contribution in [0.5, 0.6) is 5.75 Å². The molecule has 3 amide bonds. The highest BCUT2D eigenvalue weighted by Gasteiger charge is 2.22. The van der Waals surface area contributed by atoms with Crippen LogP contribution in [0, 0.1) is 0 Å². The van der Waals surface area contributed by atoms with Crippen LogP contribution in [0.3, 0.4) is 0 Å². The third kappa shape index (κ3) is 6.72. The molecule has 1 unspecified atom stereocenters. The number of nitrogens with one attached hydrogen (secondary N) is 2. The number of nitrogens with zero attached hydrogens (tertiary/aromatic N) is 3. The molecule has 2 aromatic rings. The lowest BCUT2D eigenvalue weighted by Crippen LogP contribution is -2.49. The predicted molar refractivity (Wildman–Crippen MR) is 109 cm³/mol. The van der Waals surface area contributed by atoms with Gasteiger partial charge in [0.1, 0.15) is 12.4 Å². The quantitative estimate of drug-likeness (QED) is 0.690. The largest absolute Gasteiger partial charge is 0.486 e. The van der Waals surface area contributed by atoms with E-state index in [1.54, 1.807) is 42.8 Å². The van der Waals surface area contributed by atoms with Gasteiger partial charge in [0.25, 0.3) is 0 Å². The van der Waals surface area contributed by atoms with Crippen LogP contribution >= 0.6 is 23.4 Å². The number of halogens is 1. The summed E-state index contributed by atoms with van der Waals surface area (Å²) in [5.74, 6) is 0.864. The van der Waals surface area contributed by atoms with Crippen molar-refractivity contribution in [2.45, 2.75) is 50.2 Å². The highest BCUT2D eigenvalue weighted by atomic mass is 35.5. The lowest BCUT2D eigenvalue weighted by molar-refractivity contribution is -0.119. The molecule has 152 valence electrons. The van der Waals surface area contributed by atoms with E-state index >= 15 is 0 Å². The minimum atomic E-state index is -0.529. The Morgan fingerprint density at radius 2 is 1.89 bits per heavy atom. The number of benzene rings is 1. The van der Waals surface area contributed by atoms with Gasteiger partial charge < -0.3 is 14.6 Å². The van der Waals surface area contributed by atoms with Crippen molar-refractivity contribution in [3.05, 3.63) is 35.1 Å². The van der Waals surface area contributed by atoms with Gasteiger partial charge in [0.2, 0.25) is 5.91 Å². The van der Waals surface area contributed by atoms with Crippen LogP contribution in [0.1, 0.15) is 33.5 Å². The van der Waals surface area contributed by atoms with Gasteiger partial charge in [-0.2, -0.15) is 0 Å². The topological polar surface area (TPSA) is 98.1 Å². The maximum absolute atomic E-state index is 12.2. The Bertz CT molecular complexity index is 833. The molecule has 28 heavy (non-hydrogen) atoms. The van der Waals surface area contributed by atoms with E-state index in [-0.39, 0.29) is 6.61 Å². The lowest BCUT2D eigenvalue weighted by atomic mass is 10.1. The first-order chi connectivity index (χ1) is 13.0. The monoisotopic (exact) mass is 425 g/mol. The number of thioether (sulfide) groups is 1. The van der Waals surface area contributed by atoms with Crippen molar-refractivity contribution in [3.8, 4) is 5.75 Å². The summed E-state index contributed by atoms with van der Waals surface area (Å²) in [5, 5.41) is 13.9. The van der Waals surface area contributed by atoms with Crippen molar-refractivity contribution in [2.24, 2.45) is 7.05 Å². The van der Waals surface area contributed by atoms with E-state index in [1.807, 2.05) is 20.8 Å². The zero-order valence-electron chi connectivity index (χ0n) is 16.4. The SMILES string of the molecule is CC(Sc1nnc(COc2ccc(Cl)cc2)n1C)C(=O)NC(=O)NC(C)(C)C. The van der Waals surface area contributed by atoms with Gasteiger partial charge in [-0.3, -0.25) is 10.1 Å². The fraction of sp³-hybridized carbons (Fsp3) is 0.444. The van der Waals surface area contributed by atoms with Gasteiger partial charge in [-0.05, 0) is 52.0 Å². The Labute approximate surface area is 173 Å². The van der Waals surface area contributed by atoms with Gasteiger partial charge >= 0.3 is 6.03 Å². The molecule has 8 nitrogen and oxygen atoms in total. The first-order valence-electron chi connectivity index (χ1n) is 8.61. The number of rotatable bonds is 6. The number of carbonyl (C=O) groups is 2. The number of aromatic nitrogens is 3. The molecule has 1 heterocycles. The zero-order chi connectivity index (χ0) is 20.9. The molecule has 0 aliphatic rings. The van der Waals surface area contributed by atoms with Crippen molar-refractivity contribution in [2.75, 3.05) is 0 Å². The zero-order valence-corrected chi connectivity index (χ0v) is 18.0. The van der Waals surface area contributed by atoms with Crippen LogP contribution in [0.15, 0.2) is 29.4 Å². The van der Waals surface area contributed by atoms with Gasteiger partial charge in [0.15, 0.2) is 11.0 Å². The highest BCUT2D eigenvalue weighted by molar-refractivity contribution is 8.00. The van der Waals surface area contributed by atoms with Crippen molar-refractivity contribution >= 4 is 35.3 Å². The number of amides is 3. The molecule has 2 rings (SSSR count). The number of imide groups is 1. The molecule has 1 aromatic heterocycles. The summed E-state index contributed by atoms with van der Waals surface area (Å²) in [5.41, 5.74) is -0.427. The summed E-state index contributed by atoms with van der Waals surface area (Å²) in [6.45, 7) is 7.43. The fourth-order valence-corrected chi connectivity index (χ4v) is 3.01. The lowest BCUT2D eigenvalue weighted by Gasteiger charge is -2.21. The standard InChI is InChI=1S/C18H24ClN5O3S/c1-11(15(25)20-16(26)21-18(2,3)4)28-17-23-22-14(24(17)5)10-27-13-8-6-12(19)7-9-13/h6-9,11H,10H2,1-5H3,(H2,20,21,25,26). The van der Waals surface area contributed by atoms with E-state index in [1.165, 1.54) is 11.8 Å². The van der Waals surface area contributed by atoms with E-state index in [0.717, 1.165) is 0 Å². The second-order valence-electron chi connectivity index (χ2n) is 7.15. The minimum Gasteiger partial charge on any atom is -0.486 e. The van der Waals surface area contributed by atoms with Crippen molar-refractivity contribution in [1.82, 2.24) is 25.4 Å². The average Bonchev–Trinajstić information content (AvgIpc) is 2.92. The van der Waals surface area contributed by atoms with E-state index in [2.05, 4.69) is 20.8 Å². The molecule has 0 fully saturated rings. The molecule has 1 atom stereocenters. The Morgan fingerprint density at radius 1 is 1.25 bits per heavy atom. The molecule has 0 saturated heterocycles. The minimum absolute atomic E-state index is 0.222. The van der Waals surface area contributed by atoms with Gasteiger partial charge in [-0.1, -0.05) is 23.4 Å². The van der Waals surface area contributed by atoms with Crippen LogP contribution in [0.4, 0.5) is 4.79 Å². The average molecular weight is 426 g/mol. The molecule has 0 aliphatic carbocycles. The normalized spacial score (nSPS) is 12.4. The number of carbonyl (C=O) groups excluding carboxylic acids is 2. The van der Waals surface area contributed by atoms with E-state index in [4.69, 9.17) is 16.3 Å². The summed E-state index contributed by atoms with van der Waals surface area (Å²) in [7, 11) is 1.79. The predicted octanol–water partition coefficient (Wildman–Crippen LogP) is 3.15. The van der Waals surface area contributed by atoms with Crippen LogP contribution < -0.4 is 15.4 Å². The van der Waals surface area contributed by atoms with Crippen LogP contribution in [0.25, 0.3) is 0 Å². The summed E-state index contributed by atoms with van der Waals surface area (Å²) >= 11 is 7.06. The number of hydrogen-bond acceptors (Lipinski definition) is 6. The van der Waals surface area contributed by atoms with Gasteiger partial charge in [-0.25, -0.2) is 4.79 Å². The smallest absolute Gasteiger partial charge is 0.321 e. The van der Waals surface area contributed by atoms with Crippen LogP contribution in [-0.4, -0.2) is 37.5 Å². The van der Waals surface area contributed by atoms with Crippen molar-refractivity contribution in [3.63, 3.8) is 0 Å². The van der Waals surface area contributed by atoms with Gasteiger partial charge in [0, 0.05) is 17.6 Å². The molecule has 0 radical (unpaired) electrons. The molecule has 0 bridgehead atoms. The molecule has 0 saturated carbocycles. The number of hydrogen-bond donors (Lipinski definition) is 2. The van der Waals surface area contributed by atoms with E-state index in [0.29, 0.717) is 21.8 Å². The number of ether oxygens (including phenoxy) is 1.